The maximum Gasteiger partial charge on any atom is 0.321 e. The fraction of sp³-hybridized carbons (Fsp3) is 0.222. The highest BCUT2D eigenvalue weighted by molar-refractivity contribution is 5.89. The lowest BCUT2D eigenvalue weighted by molar-refractivity contribution is 0.192. The number of urea groups is 1. The maximum absolute atomic E-state index is 12.1. The van der Waals surface area contributed by atoms with E-state index in [1.165, 1.54) is 4.90 Å². The highest BCUT2D eigenvalue weighted by Crippen LogP contribution is 2.11. The molecule has 0 aliphatic rings. The van der Waals surface area contributed by atoms with Gasteiger partial charge in [-0.05, 0) is 43.2 Å². The number of likely N-dealkylation sites (N-methyl/N-ethyl adjacent to an activating group) is 1. The second-order valence-electron chi connectivity index (χ2n) is 4.78. The van der Waals surface area contributed by atoms with Crippen molar-refractivity contribution in [1.82, 2.24) is 9.88 Å². The molecule has 5 heteroatoms. The van der Waals surface area contributed by atoms with E-state index in [0.717, 1.165) is 5.56 Å². The first kappa shape index (κ1) is 16.5. The number of anilines is 1. The van der Waals surface area contributed by atoms with Crippen molar-refractivity contribution in [2.75, 3.05) is 25.0 Å². The lowest BCUT2D eigenvalue weighted by Gasteiger charge is -2.20. The van der Waals surface area contributed by atoms with E-state index in [2.05, 4.69) is 22.1 Å². The SMILES string of the molecule is CCN(CCO)C(=O)Nc1cccc(C#Cc2ccccn2)c1. The molecule has 1 aromatic heterocycles. The van der Waals surface area contributed by atoms with Crippen LogP contribution >= 0.6 is 0 Å². The largest absolute Gasteiger partial charge is 0.395 e. The van der Waals surface area contributed by atoms with Crippen LogP contribution in [0, 0.1) is 11.8 Å². The average molecular weight is 309 g/mol. The van der Waals surface area contributed by atoms with Gasteiger partial charge in [0, 0.05) is 30.5 Å². The topological polar surface area (TPSA) is 65.5 Å². The van der Waals surface area contributed by atoms with Crippen LogP contribution in [0.25, 0.3) is 0 Å². The Morgan fingerprint density at radius 1 is 1.26 bits per heavy atom. The van der Waals surface area contributed by atoms with Gasteiger partial charge in [-0.15, -0.1) is 0 Å². The Morgan fingerprint density at radius 3 is 2.83 bits per heavy atom. The van der Waals surface area contributed by atoms with E-state index < -0.39 is 0 Å². The number of nitrogens with zero attached hydrogens (tertiary/aromatic N) is 2. The summed E-state index contributed by atoms with van der Waals surface area (Å²) in [7, 11) is 0. The molecule has 0 fully saturated rings. The number of hydrogen-bond acceptors (Lipinski definition) is 3. The van der Waals surface area contributed by atoms with Gasteiger partial charge < -0.3 is 15.3 Å². The molecule has 0 aliphatic carbocycles. The monoisotopic (exact) mass is 309 g/mol. The first-order valence-electron chi connectivity index (χ1n) is 7.43. The van der Waals surface area contributed by atoms with Crippen molar-refractivity contribution in [2.45, 2.75) is 6.92 Å². The fourth-order valence-corrected chi connectivity index (χ4v) is 1.97. The Bertz CT molecular complexity index is 705. The summed E-state index contributed by atoms with van der Waals surface area (Å²) in [6.07, 6.45) is 1.70. The molecule has 0 saturated heterocycles. The minimum absolute atomic E-state index is 0.0587. The number of benzene rings is 1. The molecule has 2 N–H and O–H groups in total. The highest BCUT2D eigenvalue weighted by Gasteiger charge is 2.10. The van der Waals surface area contributed by atoms with Crippen molar-refractivity contribution in [1.29, 1.82) is 0 Å². The first-order chi connectivity index (χ1) is 11.2. The van der Waals surface area contributed by atoms with E-state index >= 15 is 0 Å². The van der Waals surface area contributed by atoms with Gasteiger partial charge in [-0.3, -0.25) is 0 Å². The average Bonchev–Trinajstić information content (AvgIpc) is 2.59. The number of aliphatic hydroxyl groups is 1. The molecule has 0 aliphatic heterocycles. The van der Waals surface area contributed by atoms with Gasteiger partial charge in [0.05, 0.1) is 6.61 Å². The molecule has 5 nitrogen and oxygen atoms in total. The van der Waals surface area contributed by atoms with Crippen molar-refractivity contribution in [3.05, 3.63) is 59.9 Å². The van der Waals surface area contributed by atoms with Crippen LogP contribution in [0.4, 0.5) is 10.5 Å². The summed E-state index contributed by atoms with van der Waals surface area (Å²) in [6, 6.07) is 12.6. The lowest BCUT2D eigenvalue weighted by atomic mass is 10.2. The molecular weight excluding hydrogens is 290 g/mol. The van der Waals surface area contributed by atoms with Crippen LogP contribution in [0.1, 0.15) is 18.2 Å². The summed E-state index contributed by atoms with van der Waals surface area (Å²) in [4.78, 5) is 17.8. The lowest BCUT2D eigenvalue weighted by Crippen LogP contribution is -2.36. The Morgan fingerprint density at radius 2 is 2.13 bits per heavy atom. The van der Waals surface area contributed by atoms with Gasteiger partial charge in [0.25, 0.3) is 0 Å². The van der Waals surface area contributed by atoms with E-state index in [0.29, 0.717) is 24.5 Å². The van der Waals surface area contributed by atoms with Gasteiger partial charge in [-0.2, -0.15) is 0 Å². The molecule has 23 heavy (non-hydrogen) atoms. The number of amides is 2. The molecule has 0 unspecified atom stereocenters. The van der Waals surface area contributed by atoms with Crippen LogP contribution in [0.5, 0.6) is 0 Å². The zero-order chi connectivity index (χ0) is 16.5. The van der Waals surface area contributed by atoms with Gasteiger partial charge in [0.15, 0.2) is 0 Å². The van der Waals surface area contributed by atoms with Crippen LogP contribution in [0.3, 0.4) is 0 Å². The van der Waals surface area contributed by atoms with E-state index in [9.17, 15) is 4.79 Å². The predicted molar refractivity (Wildman–Crippen MR) is 90.0 cm³/mol. The Balaban J connectivity index is 2.08. The molecule has 0 bridgehead atoms. The van der Waals surface area contributed by atoms with Gasteiger partial charge in [0.1, 0.15) is 5.69 Å². The van der Waals surface area contributed by atoms with Crippen molar-refractivity contribution < 1.29 is 9.90 Å². The van der Waals surface area contributed by atoms with Crippen molar-refractivity contribution in [3.8, 4) is 11.8 Å². The van der Waals surface area contributed by atoms with E-state index in [4.69, 9.17) is 5.11 Å². The molecule has 118 valence electrons. The summed E-state index contributed by atoms with van der Waals surface area (Å²) < 4.78 is 0. The number of rotatable bonds is 4. The predicted octanol–water partition coefficient (Wildman–Crippen LogP) is 2.33. The number of aliphatic hydroxyl groups excluding tert-OH is 1. The Kier molecular flexibility index (Phi) is 6.16. The molecule has 0 atom stereocenters. The van der Waals surface area contributed by atoms with Crippen molar-refractivity contribution in [3.63, 3.8) is 0 Å². The van der Waals surface area contributed by atoms with E-state index in [1.54, 1.807) is 18.3 Å². The Hall–Kier alpha value is -2.84. The standard InChI is InChI=1S/C18H19N3O2/c1-2-21(12-13-22)18(23)20-17-8-5-6-15(14-17)9-10-16-7-3-4-11-19-16/h3-8,11,14,22H,2,12-13H2,1H3,(H,20,23). The third-order valence-electron chi connectivity index (χ3n) is 3.15. The van der Waals surface area contributed by atoms with Crippen LogP contribution in [-0.2, 0) is 0 Å². The number of carbonyl (C=O) groups excluding carboxylic acids is 1. The molecule has 1 heterocycles. The summed E-state index contributed by atoms with van der Waals surface area (Å²) in [6.45, 7) is 2.65. The quantitative estimate of drug-likeness (QED) is 0.852. The third kappa shape index (κ3) is 5.13. The molecule has 1 aromatic carbocycles. The Labute approximate surface area is 136 Å². The van der Waals surface area contributed by atoms with Gasteiger partial charge in [-0.1, -0.05) is 18.1 Å². The minimum atomic E-state index is -0.239. The van der Waals surface area contributed by atoms with Gasteiger partial charge >= 0.3 is 6.03 Å². The minimum Gasteiger partial charge on any atom is -0.395 e. The summed E-state index contributed by atoms with van der Waals surface area (Å²) >= 11 is 0. The summed E-state index contributed by atoms with van der Waals surface area (Å²) in [5, 5.41) is 11.8. The maximum atomic E-state index is 12.1. The summed E-state index contributed by atoms with van der Waals surface area (Å²) in [5.41, 5.74) is 2.15. The number of carbonyl (C=O) groups is 1. The number of nitrogens with one attached hydrogen (secondary N) is 1. The molecule has 0 radical (unpaired) electrons. The first-order valence-corrected chi connectivity index (χ1v) is 7.43. The number of aromatic nitrogens is 1. The fourth-order valence-electron chi connectivity index (χ4n) is 1.97. The molecule has 2 amide bonds. The second-order valence-corrected chi connectivity index (χ2v) is 4.78. The third-order valence-corrected chi connectivity index (χ3v) is 3.15. The van der Waals surface area contributed by atoms with E-state index in [1.807, 2.05) is 37.3 Å². The van der Waals surface area contributed by atoms with E-state index in [-0.39, 0.29) is 12.6 Å². The molecular formula is C18H19N3O2. The zero-order valence-corrected chi connectivity index (χ0v) is 13.0. The molecule has 0 spiro atoms. The molecule has 2 aromatic rings. The highest BCUT2D eigenvalue weighted by atomic mass is 16.3. The molecule has 2 rings (SSSR count). The normalized spacial score (nSPS) is 9.65. The van der Waals surface area contributed by atoms with Crippen molar-refractivity contribution >= 4 is 11.7 Å². The van der Waals surface area contributed by atoms with Gasteiger partial charge in [0.2, 0.25) is 0 Å². The van der Waals surface area contributed by atoms with Gasteiger partial charge in [-0.25, -0.2) is 9.78 Å². The van der Waals surface area contributed by atoms with Crippen LogP contribution in [0.2, 0.25) is 0 Å². The number of hydrogen-bond donors (Lipinski definition) is 2. The second kappa shape index (κ2) is 8.57. The zero-order valence-electron chi connectivity index (χ0n) is 13.0. The van der Waals surface area contributed by atoms with Crippen LogP contribution in [0.15, 0.2) is 48.7 Å². The smallest absolute Gasteiger partial charge is 0.321 e. The number of pyridine rings is 1. The molecule has 0 saturated carbocycles. The van der Waals surface area contributed by atoms with Crippen LogP contribution in [-0.4, -0.2) is 40.7 Å². The van der Waals surface area contributed by atoms with Crippen LogP contribution < -0.4 is 5.32 Å². The summed E-state index contributed by atoms with van der Waals surface area (Å²) in [5.74, 6) is 6.00. The van der Waals surface area contributed by atoms with Crippen molar-refractivity contribution in [2.24, 2.45) is 0 Å².